The van der Waals surface area contributed by atoms with Gasteiger partial charge >= 0.3 is 0 Å². The first-order valence-corrected chi connectivity index (χ1v) is 7.00. The van der Waals surface area contributed by atoms with Crippen molar-refractivity contribution in [3.05, 3.63) is 29.3 Å². The van der Waals surface area contributed by atoms with E-state index in [4.69, 9.17) is 4.74 Å². The molecule has 4 heteroatoms. The summed E-state index contributed by atoms with van der Waals surface area (Å²) in [7, 11) is 0. The first kappa shape index (κ1) is 12.9. The molecule has 2 heterocycles. The van der Waals surface area contributed by atoms with Gasteiger partial charge in [0.2, 0.25) is 0 Å². The van der Waals surface area contributed by atoms with Crippen LogP contribution >= 0.6 is 0 Å². The molecule has 0 unspecified atom stereocenters. The molecule has 3 rings (SSSR count). The van der Waals surface area contributed by atoms with Gasteiger partial charge in [0.15, 0.2) is 0 Å². The Balaban J connectivity index is 1.81. The Morgan fingerprint density at radius 2 is 1.89 bits per heavy atom. The summed E-state index contributed by atoms with van der Waals surface area (Å²) in [6.45, 7) is 4.41. The largest absolute Gasteiger partial charge is 0.369 e. The third kappa shape index (κ3) is 2.46. The molecule has 104 valence electrons. The Hall–Kier alpha value is -1.16. The van der Waals surface area contributed by atoms with Gasteiger partial charge in [0, 0.05) is 19.2 Å². The van der Waals surface area contributed by atoms with Crippen molar-refractivity contribution >= 4 is 5.69 Å². The van der Waals surface area contributed by atoms with E-state index in [0.29, 0.717) is 17.7 Å². The second-order valence-electron chi connectivity index (χ2n) is 5.60. The number of epoxide rings is 1. The lowest BCUT2D eigenvalue weighted by Gasteiger charge is -2.32. The number of aryl methyl sites for hydroxylation is 1. The van der Waals surface area contributed by atoms with E-state index >= 15 is 0 Å². The van der Waals surface area contributed by atoms with Crippen molar-refractivity contribution in [2.75, 3.05) is 24.6 Å². The van der Waals surface area contributed by atoms with Crippen LogP contribution in [0.2, 0.25) is 0 Å². The molecule has 19 heavy (non-hydrogen) atoms. The summed E-state index contributed by atoms with van der Waals surface area (Å²) in [6.07, 6.45) is 3.39. The zero-order valence-electron chi connectivity index (χ0n) is 11.2. The first-order chi connectivity index (χ1) is 9.13. The molecule has 1 aromatic carbocycles. The van der Waals surface area contributed by atoms with E-state index in [1.807, 2.05) is 11.8 Å². The van der Waals surface area contributed by atoms with Gasteiger partial charge in [-0.3, -0.25) is 0 Å². The Bertz CT molecular complexity index is 475. The van der Waals surface area contributed by atoms with E-state index in [2.05, 4.69) is 0 Å². The molecule has 2 saturated heterocycles. The van der Waals surface area contributed by atoms with Crippen LogP contribution in [0.25, 0.3) is 0 Å². The minimum Gasteiger partial charge on any atom is -0.369 e. The minimum absolute atomic E-state index is 0.0826. The quantitative estimate of drug-likeness (QED) is 0.781. The lowest BCUT2D eigenvalue weighted by molar-refractivity contribution is 0.258. The molecule has 0 N–H and O–H groups in total. The second kappa shape index (κ2) is 4.75. The molecule has 2 fully saturated rings. The van der Waals surface area contributed by atoms with Crippen molar-refractivity contribution in [1.29, 1.82) is 0 Å². The van der Waals surface area contributed by atoms with Crippen LogP contribution in [-0.2, 0) is 11.2 Å². The molecule has 0 bridgehead atoms. The summed E-state index contributed by atoms with van der Waals surface area (Å²) >= 11 is 0. The highest BCUT2D eigenvalue weighted by molar-refractivity contribution is 5.51. The van der Waals surface area contributed by atoms with Crippen LogP contribution < -0.4 is 4.90 Å². The normalized spacial score (nSPS) is 20.9. The SMILES string of the molecule is CCCc1cc(N2CCC3(CC2)CO3)c(F)cc1F. The monoisotopic (exact) mass is 267 g/mol. The van der Waals surface area contributed by atoms with Crippen LogP contribution in [0.4, 0.5) is 14.5 Å². The smallest absolute Gasteiger partial charge is 0.149 e. The molecule has 2 nitrogen and oxygen atoms in total. The maximum Gasteiger partial charge on any atom is 0.149 e. The van der Waals surface area contributed by atoms with Gasteiger partial charge in [-0.2, -0.15) is 0 Å². The number of piperidine rings is 1. The lowest BCUT2D eigenvalue weighted by Crippen LogP contribution is -2.38. The van der Waals surface area contributed by atoms with Gasteiger partial charge in [-0.1, -0.05) is 13.3 Å². The van der Waals surface area contributed by atoms with E-state index in [9.17, 15) is 8.78 Å². The van der Waals surface area contributed by atoms with Crippen LogP contribution in [0.5, 0.6) is 0 Å². The van der Waals surface area contributed by atoms with Gasteiger partial charge in [0.1, 0.15) is 11.6 Å². The van der Waals surface area contributed by atoms with Gasteiger partial charge < -0.3 is 9.64 Å². The van der Waals surface area contributed by atoms with Crippen molar-refractivity contribution < 1.29 is 13.5 Å². The maximum atomic E-state index is 14.0. The highest BCUT2D eigenvalue weighted by atomic mass is 19.1. The number of hydrogen-bond acceptors (Lipinski definition) is 2. The fraction of sp³-hybridized carbons (Fsp3) is 0.600. The summed E-state index contributed by atoms with van der Waals surface area (Å²) in [5, 5.41) is 0. The summed E-state index contributed by atoms with van der Waals surface area (Å²) in [5.41, 5.74) is 1.24. The number of hydrogen-bond donors (Lipinski definition) is 0. The predicted molar refractivity (Wildman–Crippen MR) is 70.5 cm³/mol. The summed E-state index contributed by atoms with van der Waals surface area (Å²) in [5.74, 6) is -0.882. The third-order valence-corrected chi connectivity index (χ3v) is 4.20. The van der Waals surface area contributed by atoms with Crippen LogP contribution in [0.1, 0.15) is 31.7 Å². The van der Waals surface area contributed by atoms with E-state index in [-0.39, 0.29) is 5.60 Å². The van der Waals surface area contributed by atoms with E-state index < -0.39 is 11.6 Å². The van der Waals surface area contributed by atoms with Crippen molar-refractivity contribution in [1.82, 2.24) is 0 Å². The molecule has 1 aromatic rings. The summed E-state index contributed by atoms with van der Waals surface area (Å²) < 4.78 is 33.0. The molecule has 2 aliphatic heterocycles. The number of nitrogens with zero attached hydrogens (tertiary/aromatic N) is 1. The molecule has 2 aliphatic rings. The molecule has 0 radical (unpaired) electrons. The van der Waals surface area contributed by atoms with E-state index in [1.54, 1.807) is 6.07 Å². The highest BCUT2D eigenvalue weighted by Gasteiger charge is 2.46. The third-order valence-electron chi connectivity index (χ3n) is 4.20. The van der Waals surface area contributed by atoms with Gasteiger partial charge in [0.25, 0.3) is 0 Å². The molecular weight excluding hydrogens is 248 g/mol. The van der Waals surface area contributed by atoms with Gasteiger partial charge in [0.05, 0.1) is 17.9 Å². The average Bonchev–Trinajstić information content (AvgIpc) is 3.14. The van der Waals surface area contributed by atoms with Crippen LogP contribution in [0.3, 0.4) is 0 Å². The average molecular weight is 267 g/mol. The Kier molecular flexibility index (Phi) is 3.21. The molecule has 0 saturated carbocycles. The van der Waals surface area contributed by atoms with Crippen molar-refractivity contribution in [3.8, 4) is 0 Å². The van der Waals surface area contributed by atoms with Crippen molar-refractivity contribution in [2.24, 2.45) is 0 Å². The highest BCUT2D eigenvalue weighted by Crippen LogP contribution is 2.39. The van der Waals surface area contributed by atoms with Gasteiger partial charge in [-0.15, -0.1) is 0 Å². The molecular formula is C15H19F2NO. The molecule has 0 aromatic heterocycles. The maximum absolute atomic E-state index is 14.0. The Morgan fingerprint density at radius 3 is 2.47 bits per heavy atom. The van der Waals surface area contributed by atoms with Crippen LogP contribution in [0.15, 0.2) is 12.1 Å². The van der Waals surface area contributed by atoms with Crippen molar-refractivity contribution in [3.63, 3.8) is 0 Å². The molecule has 1 spiro atoms. The first-order valence-electron chi connectivity index (χ1n) is 7.00. The molecule has 0 aliphatic carbocycles. The number of ether oxygens (including phenoxy) is 1. The van der Waals surface area contributed by atoms with Gasteiger partial charge in [-0.25, -0.2) is 8.78 Å². The van der Waals surface area contributed by atoms with E-state index in [1.165, 1.54) is 0 Å². The van der Waals surface area contributed by atoms with Crippen LogP contribution in [-0.4, -0.2) is 25.3 Å². The minimum atomic E-state index is -0.454. The summed E-state index contributed by atoms with van der Waals surface area (Å²) in [6, 6.07) is 2.71. The number of halogens is 2. The lowest BCUT2D eigenvalue weighted by atomic mass is 9.97. The Morgan fingerprint density at radius 1 is 1.21 bits per heavy atom. The van der Waals surface area contributed by atoms with E-state index in [0.717, 1.165) is 45.0 Å². The zero-order chi connectivity index (χ0) is 13.5. The fourth-order valence-corrected chi connectivity index (χ4v) is 2.83. The Labute approximate surface area is 112 Å². The standard InChI is InChI=1S/C15H19F2NO/c1-2-3-11-8-14(13(17)9-12(11)16)18-6-4-15(5-7-18)10-19-15/h8-9H,2-7,10H2,1H3. The number of benzene rings is 1. The second-order valence-corrected chi connectivity index (χ2v) is 5.60. The van der Waals surface area contributed by atoms with Crippen molar-refractivity contribution in [2.45, 2.75) is 38.2 Å². The zero-order valence-corrected chi connectivity index (χ0v) is 11.2. The number of anilines is 1. The molecule has 0 amide bonds. The number of rotatable bonds is 3. The van der Waals surface area contributed by atoms with Crippen LogP contribution in [0, 0.1) is 11.6 Å². The molecule has 0 atom stereocenters. The topological polar surface area (TPSA) is 15.8 Å². The summed E-state index contributed by atoms with van der Waals surface area (Å²) in [4.78, 5) is 2.01. The fourth-order valence-electron chi connectivity index (χ4n) is 2.83. The van der Waals surface area contributed by atoms with Gasteiger partial charge in [-0.05, 0) is 30.9 Å². The predicted octanol–water partition coefficient (Wildman–Crippen LogP) is 3.29.